The lowest BCUT2D eigenvalue weighted by molar-refractivity contribution is 0.0912. The van der Waals surface area contributed by atoms with Gasteiger partial charge in [-0.05, 0) is 24.3 Å². The SMILES string of the molecule is CCc1cc2c([nH]1)CC(C)(C)CC2=O. The van der Waals surface area contributed by atoms with E-state index in [0.717, 1.165) is 24.1 Å². The summed E-state index contributed by atoms with van der Waals surface area (Å²) in [6.45, 7) is 6.41. The molecule has 2 nitrogen and oxygen atoms in total. The summed E-state index contributed by atoms with van der Waals surface area (Å²) in [6, 6.07) is 2.02. The maximum Gasteiger partial charge on any atom is 0.165 e. The summed E-state index contributed by atoms with van der Waals surface area (Å²) in [5.74, 6) is 0.298. The predicted octanol–water partition coefficient (Wildman–Crippen LogP) is 2.73. The molecule has 0 saturated heterocycles. The molecule has 0 radical (unpaired) electrons. The molecular weight excluding hydrogens is 174 g/mol. The van der Waals surface area contributed by atoms with E-state index in [4.69, 9.17) is 0 Å². The summed E-state index contributed by atoms with van der Waals surface area (Å²) in [5, 5.41) is 0. The van der Waals surface area contributed by atoms with Crippen LogP contribution in [-0.4, -0.2) is 10.8 Å². The van der Waals surface area contributed by atoms with Gasteiger partial charge < -0.3 is 4.98 Å². The van der Waals surface area contributed by atoms with Crippen molar-refractivity contribution < 1.29 is 4.79 Å². The molecule has 2 rings (SSSR count). The largest absolute Gasteiger partial charge is 0.362 e. The van der Waals surface area contributed by atoms with E-state index in [9.17, 15) is 4.79 Å². The van der Waals surface area contributed by atoms with Crippen LogP contribution in [0.4, 0.5) is 0 Å². The number of carbonyl (C=O) groups is 1. The Kier molecular flexibility index (Phi) is 2.02. The molecule has 0 aromatic carbocycles. The van der Waals surface area contributed by atoms with E-state index in [2.05, 4.69) is 25.8 Å². The first-order valence-corrected chi connectivity index (χ1v) is 5.26. The Morgan fingerprint density at radius 3 is 2.79 bits per heavy atom. The zero-order valence-corrected chi connectivity index (χ0v) is 9.11. The van der Waals surface area contributed by atoms with Crippen molar-refractivity contribution in [2.45, 2.75) is 40.0 Å². The van der Waals surface area contributed by atoms with E-state index < -0.39 is 0 Å². The zero-order chi connectivity index (χ0) is 10.3. The molecule has 14 heavy (non-hydrogen) atoms. The number of Topliss-reactive ketones (excluding diaryl/α,β-unsaturated/α-hetero) is 1. The summed E-state index contributed by atoms with van der Waals surface area (Å²) >= 11 is 0. The molecule has 2 heteroatoms. The number of fused-ring (bicyclic) bond motifs is 1. The van der Waals surface area contributed by atoms with Gasteiger partial charge in [0.15, 0.2) is 5.78 Å². The molecule has 0 atom stereocenters. The van der Waals surface area contributed by atoms with E-state index in [0.29, 0.717) is 12.2 Å². The van der Waals surface area contributed by atoms with Gasteiger partial charge in [-0.1, -0.05) is 20.8 Å². The molecule has 0 spiro atoms. The smallest absolute Gasteiger partial charge is 0.165 e. The lowest BCUT2D eigenvalue weighted by Gasteiger charge is -2.27. The first-order chi connectivity index (χ1) is 6.52. The highest BCUT2D eigenvalue weighted by atomic mass is 16.1. The van der Waals surface area contributed by atoms with E-state index in [1.54, 1.807) is 0 Å². The number of aromatic nitrogens is 1. The van der Waals surface area contributed by atoms with Crippen molar-refractivity contribution in [1.82, 2.24) is 4.98 Å². The minimum Gasteiger partial charge on any atom is -0.362 e. The third-order valence-corrected chi connectivity index (χ3v) is 2.93. The van der Waals surface area contributed by atoms with Crippen molar-refractivity contribution in [3.8, 4) is 0 Å². The molecule has 0 bridgehead atoms. The number of hydrogen-bond acceptors (Lipinski definition) is 1. The monoisotopic (exact) mass is 191 g/mol. The second-order valence-corrected chi connectivity index (χ2v) is 4.98. The number of aromatic amines is 1. The van der Waals surface area contributed by atoms with E-state index in [1.807, 2.05) is 6.07 Å². The van der Waals surface area contributed by atoms with Crippen LogP contribution in [0.5, 0.6) is 0 Å². The lowest BCUT2D eigenvalue weighted by Crippen LogP contribution is -2.26. The molecule has 1 aliphatic rings. The third kappa shape index (κ3) is 1.49. The van der Waals surface area contributed by atoms with Gasteiger partial charge in [0.25, 0.3) is 0 Å². The number of aryl methyl sites for hydroxylation is 1. The van der Waals surface area contributed by atoms with Crippen molar-refractivity contribution >= 4 is 5.78 Å². The topological polar surface area (TPSA) is 32.9 Å². The van der Waals surface area contributed by atoms with Crippen molar-refractivity contribution in [1.29, 1.82) is 0 Å². The molecule has 1 aromatic heterocycles. The lowest BCUT2D eigenvalue weighted by atomic mass is 9.76. The normalized spacial score (nSPS) is 19.5. The third-order valence-electron chi connectivity index (χ3n) is 2.93. The Morgan fingerprint density at radius 2 is 2.14 bits per heavy atom. The Bertz CT molecular complexity index is 374. The zero-order valence-electron chi connectivity index (χ0n) is 9.11. The molecule has 0 saturated carbocycles. The molecule has 1 heterocycles. The fourth-order valence-electron chi connectivity index (χ4n) is 2.21. The second-order valence-electron chi connectivity index (χ2n) is 4.98. The fraction of sp³-hybridized carbons (Fsp3) is 0.583. The van der Waals surface area contributed by atoms with Gasteiger partial charge in [-0.15, -0.1) is 0 Å². The molecule has 1 aromatic rings. The highest BCUT2D eigenvalue weighted by Gasteiger charge is 2.32. The first-order valence-electron chi connectivity index (χ1n) is 5.26. The van der Waals surface area contributed by atoms with Crippen molar-refractivity contribution in [3.05, 3.63) is 23.0 Å². The predicted molar refractivity (Wildman–Crippen MR) is 56.6 cm³/mol. The van der Waals surface area contributed by atoms with Gasteiger partial charge >= 0.3 is 0 Å². The molecule has 0 fully saturated rings. The van der Waals surface area contributed by atoms with Crippen LogP contribution in [0.15, 0.2) is 6.07 Å². The molecule has 0 aliphatic heterocycles. The highest BCUT2D eigenvalue weighted by Crippen LogP contribution is 2.34. The highest BCUT2D eigenvalue weighted by molar-refractivity contribution is 5.99. The van der Waals surface area contributed by atoms with E-state index >= 15 is 0 Å². The number of rotatable bonds is 1. The average Bonchev–Trinajstić information content (AvgIpc) is 2.45. The average molecular weight is 191 g/mol. The van der Waals surface area contributed by atoms with Crippen LogP contribution in [0.3, 0.4) is 0 Å². The number of H-pyrrole nitrogens is 1. The number of ketones is 1. The molecule has 76 valence electrons. The second kappa shape index (κ2) is 2.97. The maximum atomic E-state index is 11.8. The van der Waals surface area contributed by atoms with Crippen LogP contribution in [0, 0.1) is 5.41 Å². The Hall–Kier alpha value is -1.05. The Balaban J connectivity index is 2.43. The van der Waals surface area contributed by atoms with Crippen LogP contribution in [-0.2, 0) is 12.8 Å². The van der Waals surface area contributed by atoms with Gasteiger partial charge in [0, 0.05) is 23.4 Å². The molecule has 0 amide bonds. The molecule has 0 unspecified atom stereocenters. The summed E-state index contributed by atoms with van der Waals surface area (Å²) in [6.07, 6.45) is 2.65. The first kappa shape index (κ1) is 9.50. The van der Waals surface area contributed by atoms with Gasteiger partial charge in [0.2, 0.25) is 0 Å². The number of carbonyl (C=O) groups excluding carboxylic acids is 1. The van der Waals surface area contributed by atoms with Crippen molar-refractivity contribution in [2.75, 3.05) is 0 Å². The van der Waals surface area contributed by atoms with E-state index in [-0.39, 0.29) is 5.41 Å². The fourth-order valence-corrected chi connectivity index (χ4v) is 2.21. The number of hydrogen-bond donors (Lipinski definition) is 1. The van der Waals surface area contributed by atoms with Gasteiger partial charge in [0.1, 0.15) is 0 Å². The molecule has 1 aliphatic carbocycles. The van der Waals surface area contributed by atoms with Crippen LogP contribution in [0.25, 0.3) is 0 Å². The van der Waals surface area contributed by atoms with Gasteiger partial charge in [-0.25, -0.2) is 0 Å². The van der Waals surface area contributed by atoms with Gasteiger partial charge in [0.05, 0.1) is 0 Å². The van der Waals surface area contributed by atoms with Crippen LogP contribution >= 0.6 is 0 Å². The van der Waals surface area contributed by atoms with Crippen LogP contribution in [0.2, 0.25) is 0 Å². The Morgan fingerprint density at radius 1 is 1.43 bits per heavy atom. The minimum absolute atomic E-state index is 0.125. The van der Waals surface area contributed by atoms with E-state index in [1.165, 1.54) is 5.69 Å². The molecule has 1 N–H and O–H groups in total. The maximum absolute atomic E-state index is 11.8. The van der Waals surface area contributed by atoms with Crippen molar-refractivity contribution in [2.24, 2.45) is 5.41 Å². The van der Waals surface area contributed by atoms with Crippen molar-refractivity contribution in [3.63, 3.8) is 0 Å². The number of nitrogens with one attached hydrogen (secondary N) is 1. The quantitative estimate of drug-likeness (QED) is 0.727. The minimum atomic E-state index is 0.125. The summed E-state index contributed by atoms with van der Waals surface area (Å²) < 4.78 is 0. The summed E-state index contributed by atoms with van der Waals surface area (Å²) in [5.41, 5.74) is 3.38. The van der Waals surface area contributed by atoms with Gasteiger partial charge in [-0.2, -0.15) is 0 Å². The van der Waals surface area contributed by atoms with Crippen LogP contribution in [0.1, 0.15) is 48.9 Å². The Labute approximate surface area is 84.7 Å². The van der Waals surface area contributed by atoms with Crippen LogP contribution < -0.4 is 0 Å². The summed E-state index contributed by atoms with van der Waals surface area (Å²) in [4.78, 5) is 15.2. The standard InChI is InChI=1S/C12H17NO/c1-4-8-5-9-10(13-8)6-12(2,3)7-11(9)14/h5,13H,4,6-7H2,1-3H3. The molecular formula is C12H17NO. The summed E-state index contributed by atoms with van der Waals surface area (Å²) in [7, 11) is 0. The van der Waals surface area contributed by atoms with Gasteiger partial charge in [-0.3, -0.25) is 4.79 Å².